The van der Waals surface area contributed by atoms with Crippen LogP contribution >= 0.6 is 11.3 Å². The van der Waals surface area contributed by atoms with Crippen molar-refractivity contribution in [3.05, 3.63) is 66.3 Å². The van der Waals surface area contributed by atoms with Gasteiger partial charge in [-0.3, -0.25) is 14.8 Å². The lowest BCUT2D eigenvalue weighted by Crippen LogP contribution is -2.18. The Hall–Kier alpha value is -4.71. The summed E-state index contributed by atoms with van der Waals surface area (Å²) >= 11 is 1.36. The highest BCUT2D eigenvalue weighted by molar-refractivity contribution is 7.12. The first kappa shape index (κ1) is 24.0. The summed E-state index contributed by atoms with van der Waals surface area (Å²) in [4.78, 5) is 25.9. The fourth-order valence-corrected chi connectivity index (χ4v) is 4.23. The van der Waals surface area contributed by atoms with Crippen LogP contribution in [0.4, 0.5) is 5.82 Å². The zero-order valence-electron chi connectivity index (χ0n) is 20.2. The molecule has 1 N–H and O–H groups in total. The zero-order chi connectivity index (χ0) is 25.8. The Morgan fingerprint density at radius 1 is 1.00 bits per heavy atom. The molecule has 0 radical (unpaired) electrons. The molecule has 37 heavy (non-hydrogen) atoms. The largest absolute Gasteiger partial charge is 0.493 e. The number of hydrogen-bond donors (Lipinski definition) is 1. The quantitative estimate of drug-likeness (QED) is 0.295. The third kappa shape index (κ3) is 4.86. The maximum atomic E-state index is 13.2. The highest BCUT2D eigenvalue weighted by Crippen LogP contribution is 2.36. The molecule has 0 atom stereocenters. The molecule has 1 amide bonds. The van der Waals surface area contributed by atoms with Crippen molar-refractivity contribution in [2.75, 3.05) is 26.1 Å². The molecule has 5 aromatic rings. The number of hydrogen-bond acceptors (Lipinski definition) is 10. The van der Waals surface area contributed by atoms with Gasteiger partial charge in [0, 0.05) is 17.6 Å². The number of nitrogens with zero attached hydrogens (tertiary/aromatic N) is 5. The third-order valence-electron chi connectivity index (χ3n) is 5.29. The number of benzene rings is 1. The molecule has 5 rings (SSSR count). The van der Waals surface area contributed by atoms with Crippen LogP contribution in [0.3, 0.4) is 0 Å². The van der Waals surface area contributed by atoms with Gasteiger partial charge in [0.15, 0.2) is 22.9 Å². The van der Waals surface area contributed by atoms with Gasteiger partial charge >= 0.3 is 0 Å². The predicted octanol–water partition coefficient (Wildman–Crippen LogP) is 4.73. The van der Waals surface area contributed by atoms with Crippen LogP contribution in [0.1, 0.15) is 17.4 Å². The lowest BCUT2D eigenvalue weighted by Gasteiger charge is -2.12. The minimum absolute atomic E-state index is 0.251. The van der Waals surface area contributed by atoms with Crippen LogP contribution in [0.15, 0.2) is 60.6 Å². The number of methoxy groups -OCH3 is 2. The van der Waals surface area contributed by atoms with Gasteiger partial charge in [0.2, 0.25) is 0 Å². The fourth-order valence-electron chi connectivity index (χ4n) is 3.64. The van der Waals surface area contributed by atoms with E-state index in [0.717, 1.165) is 5.39 Å². The van der Waals surface area contributed by atoms with Gasteiger partial charge in [0.1, 0.15) is 22.3 Å². The number of fused-ring (bicyclic) bond motifs is 1. The average molecular weight is 519 g/mol. The van der Waals surface area contributed by atoms with Crippen LogP contribution in [0.2, 0.25) is 0 Å². The van der Waals surface area contributed by atoms with Gasteiger partial charge in [0.25, 0.3) is 5.91 Å². The Balaban J connectivity index is 1.37. The maximum Gasteiger partial charge on any atom is 0.279 e. The Bertz CT molecular complexity index is 1540. The van der Waals surface area contributed by atoms with Crippen LogP contribution in [-0.2, 0) is 0 Å². The number of ether oxygens (including phenoxy) is 4. The molecule has 188 valence electrons. The minimum atomic E-state index is -0.420. The summed E-state index contributed by atoms with van der Waals surface area (Å²) in [6.45, 7) is 2.23. The van der Waals surface area contributed by atoms with Crippen molar-refractivity contribution >= 4 is 34.0 Å². The Kier molecular flexibility index (Phi) is 6.81. The standard InChI is InChI=1S/C25H22N6O5S/c1-4-35-21-12-29-31(23-13-26-14-37-23)24(21)25(32)30-22-6-5-15(11-28-22)36-18-7-8-27-17-10-20(34-3)19(33-2)9-16(17)18/h5-14H,4H2,1-3H3,(H,28,30,32). The van der Waals surface area contributed by atoms with E-state index in [1.165, 1.54) is 28.4 Å². The monoisotopic (exact) mass is 518 g/mol. The number of anilines is 1. The minimum Gasteiger partial charge on any atom is -0.493 e. The fraction of sp³-hybridized carbons (Fsp3) is 0.160. The van der Waals surface area contributed by atoms with Crippen molar-refractivity contribution < 1.29 is 23.7 Å². The molecular formula is C25H22N6O5S. The molecule has 4 aromatic heterocycles. The maximum absolute atomic E-state index is 13.2. The summed E-state index contributed by atoms with van der Waals surface area (Å²) in [5.74, 6) is 2.47. The molecule has 0 saturated carbocycles. The number of carbonyl (C=O) groups is 1. The van der Waals surface area contributed by atoms with E-state index in [9.17, 15) is 4.79 Å². The van der Waals surface area contributed by atoms with E-state index in [0.29, 0.717) is 51.7 Å². The first-order chi connectivity index (χ1) is 18.1. The molecule has 1 aromatic carbocycles. The molecule has 12 heteroatoms. The van der Waals surface area contributed by atoms with Crippen LogP contribution in [0, 0.1) is 0 Å². The Morgan fingerprint density at radius 3 is 2.54 bits per heavy atom. The smallest absolute Gasteiger partial charge is 0.279 e. The van der Waals surface area contributed by atoms with Crippen molar-refractivity contribution in [1.29, 1.82) is 0 Å². The summed E-state index contributed by atoms with van der Waals surface area (Å²) in [7, 11) is 3.14. The van der Waals surface area contributed by atoms with Gasteiger partial charge < -0.3 is 24.3 Å². The lowest BCUT2D eigenvalue weighted by molar-refractivity contribution is 0.101. The van der Waals surface area contributed by atoms with Gasteiger partial charge in [-0.1, -0.05) is 0 Å². The number of carbonyl (C=O) groups excluding carboxylic acids is 1. The molecule has 0 spiro atoms. The SMILES string of the molecule is CCOc1cnn(-c2cncs2)c1C(=O)Nc1ccc(Oc2ccnc3cc(OC)c(OC)cc23)cn1. The van der Waals surface area contributed by atoms with E-state index in [-0.39, 0.29) is 5.69 Å². The lowest BCUT2D eigenvalue weighted by atomic mass is 10.2. The van der Waals surface area contributed by atoms with Gasteiger partial charge in [-0.25, -0.2) is 9.67 Å². The van der Waals surface area contributed by atoms with E-state index in [4.69, 9.17) is 18.9 Å². The average Bonchev–Trinajstić information content (AvgIpc) is 3.60. The second kappa shape index (κ2) is 10.5. The number of nitrogens with one attached hydrogen (secondary N) is 1. The molecule has 0 aliphatic carbocycles. The van der Waals surface area contributed by atoms with E-state index >= 15 is 0 Å². The summed E-state index contributed by atoms with van der Waals surface area (Å²) < 4.78 is 23.9. The van der Waals surface area contributed by atoms with Crippen molar-refractivity contribution in [2.24, 2.45) is 0 Å². The van der Waals surface area contributed by atoms with E-state index in [1.807, 2.05) is 6.92 Å². The number of amides is 1. The highest BCUT2D eigenvalue weighted by atomic mass is 32.1. The van der Waals surface area contributed by atoms with Gasteiger partial charge in [0.05, 0.1) is 50.4 Å². The number of thiazole rings is 1. The van der Waals surface area contributed by atoms with E-state index < -0.39 is 5.91 Å². The van der Waals surface area contributed by atoms with Crippen molar-refractivity contribution in [1.82, 2.24) is 24.7 Å². The van der Waals surface area contributed by atoms with Gasteiger partial charge in [-0.2, -0.15) is 5.10 Å². The normalized spacial score (nSPS) is 10.8. The van der Waals surface area contributed by atoms with Crippen LogP contribution in [-0.4, -0.2) is 51.5 Å². The van der Waals surface area contributed by atoms with Crippen molar-refractivity contribution in [3.63, 3.8) is 0 Å². The first-order valence-corrected chi connectivity index (χ1v) is 12.0. The van der Waals surface area contributed by atoms with Crippen molar-refractivity contribution in [2.45, 2.75) is 6.92 Å². The topological polar surface area (TPSA) is 123 Å². The molecule has 11 nitrogen and oxygen atoms in total. The summed E-state index contributed by atoms with van der Waals surface area (Å²) in [5.41, 5.74) is 2.60. The molecule has 4 heterocycles. The molecular weight excluding hydrogens is 496 g/mol. The molecule has 0 saturated heterocycles. The Labute approximate surface area is 215 Å². The first-order valence-electron chi connectivity index (χ1n) is 11.2. The van der Waals surface area contributed by atoms with Gasteiger partial charge in [-0.05, 0) is 31.2 Å². The predicted molar refractivity (Wildman–Crippen MR) is 138 cm³/mol. The molecule has 0 bridgehead atoms. The summed E-state index contributed by atoms with van der Waals surface area (Å²) in [6, 6.07) is 8.69. The number of rotatable bonds is 9. The Morgan fingerprint density at radius 2 is 1.84 bits per heavy atom. The number of aromatic nitrogens is 5. The summed E-state index contributed by atoms with van der Waals surface area (Å²) in [5, 5.41) is 8.51. The molecule has 0 unspecified atom stereocenters. The zero-order valence-corrected chi connectivity index (χ0v) is 21.0. The molecule has 0 aliphatic rings. The van der Waals surface area contributed by atoms with Crippen molar-refractivity contribution in [3.8, 4) is 33.7 Å². The van der Waals surface area contributed by atoms with Crippen LogP contribution in [0.5, 0.6) is 28.7 Å². The third-order valence-corrected chi connectivity index (χ3v) is 6.04. The summed E-state index contributed by atoms with van der Waals surface area (Å²) in [6.07, 6.45) is 6.30. The van der Waals surface area contributed by atoms with E-state index in [2.05, 4.69) is 25.4 Å². The second-order valence-electron chi connectivity index (χ2n) is 7.51. The van der Waals surface area contributed by atoms with Crippen LogP contribution < -0.4 is 24.3 Å². The number of pyridine rings is 2. The second-order valence-corrected chi connectivity index (χ2v) is 8.38. The van der Waals surface area contributed by atoms with Crippen LogP contribution in [0.25, 0.3) is 15.9 Å². The van der Waals surface area contributed by atoms with E-state index in [1.54, 1.807) is 62.5 Å². The van der Waals surface area contributed by atoms with Gasteiger partial charge in [-0.15, -0.1) is 11.3 Å². The highest BCUT2D eigenvalue weighted by Gasteiger charge is 2.22. The molecule has 0 aliphatic heterocycles. The molecule has 0 fully saturated rings.